The molecule has 0 aliphatic carbocycles. The molecule has 0 fully saturated rings. The normalized spacial score (nSPS) is 17.0. The third-order valence-electron chi connectivity index (χ3n) is 2.68. The molecular weight excluding hydrogens is 250 g/mol. The first-order valence-corrected chi connectivity index (χ1v) is 6.18. The molecule has 0 bridgehead atoms. The molecule has 1 aromatic carbocycles. The van der Waals surface area contributed by atoms with Crippen LogP contribution in [0.25, 0.3) is 0 Å². The maximum atomic E-state index is 10.7. The summed E-state index contributed by atoms with van der Waals surface area (Å²) in [6.45, 7) is 0. The zero-order valence-electron chi connectivity index (χ0n) is 9.24. The Kier molecular flexibility index (Phi) is 2.56. The summed E-state index contributed by atoms with van der Waals surface area (Å²) in [5.41, 5.74) is 2.02. The molecule has 6 heteroatoms. The Balaban J connectivity index is 1.90. The minimum absolute atomic E-state index is 0.140. The van der Waals surface area contributed by atoms with Crippen molar-refractivity contribution in [2.75, 3.05) is 5.32 Å². The van der Waals surface area contributed by atoms with Crippen molar-refractivity contribution in [2.45, 2.75) is 6.17 Å². The van der Waals surface area contributed by atoms with Gasteiger partial charge in [-0.05, 0) is 12.1 Å². The fourth-order valence-electron chi connectivity index (χ4n) is 1.81. The lowest BCUT2D eigenvalue weighted by molar-refractivity contribution is -0.380. The summed E-state index contributed by atoms with van der Waals surface area (Å²) in [5, 5.41) is 14.0. The highest BCUT2D eigenvalue weighted by atomic mass is 32.1. The van der Waals surface area contributed by atoms with E-state index in [2.05, 4.69) is 10.3 Å². The SMILES string of the molecule is O=[N+]([O-])c1ccc(C2N=Cc3ccccc3N2)s1. The van der Waals surface area contributed by atoms with Gasteiger partial charge in [0.1, 0.15) is 0 Å². The molecule has 90 valence electrons. The Morgan fingerprint density at radius 2 is 2.11 bits per heavy atom. The zero-order valence-corrected chi connectivity index (χ0v) is 10.1. The number of rotatable bonds is 2. The van der Waals surface area contributed by atoms with Crippen LogP contribution in [0.4, 0.5) is 10.7 Å². The van der Waals surface area contributed by atoms with Crippen LogP contribution in [0.15, 0.2) is 41.4 Å². The molecule has 0 radical (unpaired) electrons. The highest BCUT2D eigenvalue weighted by Gasteiger charge is 2.19. The van der Waals surface area contributed by atoms with Gasteiger partial charge in [-0.15, -0.1) is 0 Å². The van der Waals surface area contributed by atoms with E-state index in [0.717, 1.165) is 27.5 Å². The van der Waals surface area contributed by atoms with Gasteiger partial charge in [-0.25, -0.2) is 0 Å². The first-order valence-electron chi connectivity index (χ1n) is 5.37. The molecule has 1 aliphatic heterocycles. The number of fused-ring (bicyclic) bond motifs is 1. The van der Waals surface area contributed by atoms with Crippen LogP contribution in [-0.4, -0.2) is 11.1 Å². The lowest BCUT2D eigenvalue weighted by atomic mass is 10.1. The Hall–Kier alpha value is -2.21. The number of benzene rings is 1. The molecule has 2 aromatic rings. The van der Waals surface area contributed by atoms with Crippen molar-refractivity contribution in [1.82, 2.24) is 0 Å². The van der Waals surface area contributed by atoms with Crippen molar-refractivity contribution in [3.8, 4) is 0 Å². The largest absolute Gasteiger partial charge is 0.359 e. The molecule has 1 aromatic heterocycles. The number of thiophene rings is 1. The molecule has 0 spiro atoms. The molecule has 1 N–H and O–H groups in total. The summed E-state index contributed by atoms with van der Waals surface area (Å²) in [7, 11) is 0. The van der Waals surface area contributed by atoms with E-state index in [9.17, 15) is 10.1 Å². The highest BCUT2D eigenvalue weighted by molar-refractivity contribution is 7.15. The summed E-state index contributed by atoms with van der Waals surface area (Å²) in [6, 6.07) is 11.1. The average Bonchev–Trinajstić information content (AvgIpc) is 2.88. The molecule has 3 rings (SSSR count). The van der Waals surface area contributed by atoms with E-state index < -0.39 is 0 Å². The predicted octanol–water partition coefficient (Wildman–Crippen LogP) is 3.20. The summed E-state index contributed by atoms with van der Waals surface area (Å²) in [4.78, 5) is 15.5. The highest BCUT2D eigenvalue weighted by Crippen LogP contribution is 2.33. The summed E-state index contributed by atoms with van der Waals surface area (Å²) in [5.74, 6) is 0. The fraction of sp³-hybridized carbons (Fsp3) is 0.0833. The van der Waals surface area contributed by atoms with Crippen LogP contribution in [0.2, 0.25) is 0 Å². The number of nitrogens with zero attached hydrogens (tertiary/aromatic N) is 2. The Morgan fingerprint density at radius 3 is 2.89 bits per heavy atom. The number of nitro groups is 1. The molecule has 2 heterocycles. The van der Waals surface area contributed by atoms with Gasteiger partial charge in [0.05, 0.1) is 9.80 Å². The number of hydrogen-bond donors (Lipinski definition) is 1. The maximum absolute atomic E-state index is 10.7. The molecule has 1 unspecified atom stereocenters. The first kappa shape index (κ1) is 10.9. The summed E-state index contributed by atoms with van der Waals surface area (Å²) >= 11 is 1.15. The van der Waals surface area contributed by atoms with Crippen LogP contribution >= 0.6 is 11.3 Å². The van der Waals surface area contributed by atoms with Crippen molar-refractivity contribution < 1.29 is 4.92 Å². The van der Waals surface area contributed by atoms with Crippen LogP contribution < -0.4 is 5.32 Å². The van der Waals surface area contributed by atoms with E-state index in [1.54, 1.807) is 12.3 Å². The Morgan fingerprint density at radius 1 is 1.28 bits per heavy atom. The monoisotopic (exact) mass is 259 g/mol. The molecule has 1 atom stereocenters. The van der Waals surface area contributed by atoms with Crippen LogP contribution in [0.1, 0.15) is 16.6 Å². The number of para-hydroxylation sites is 1. The van der Waals surface area contributed by atoms with Gasteiger partial charge in [-0.2, -0.15) is 0 Å². The molecule has 0 saturated heterocycles. The lowest BCUT2D eigenvalue weighted by Gasteiger charge is -2.20. The van der Waals surface area contributed by atoms with Gasteiger partial charge in [0.25, 0.3) is 0 Å². The van der Waals surface area contributed by atoms with Gasteiger partial charge >= 0.3 is 5.00 Å². The van der Waals surface area contributed by atoms with Gasteiger partial charge in [0.15, 0.2) is 6.17 Å². The molecule has 5 nitrogen and oxygen atoms in total. The minimum atomic E-state index is -0.380. The van der Waals surface area contributed by atoms with Crippen molar-refractivity contribution >= 4 is 28.2 Å². The predicted molar refractivity (Wildman–Crippen MR) is 71.4 cm³/mol. The quantitative estimate of drug-likeness (QED) is 0.665. The van der Waals surface area contributed by atoms with E-state index >= 15 is 0 Å². The van der Waals surface area contributed by atoms with E-state index in [0.29, 0.717) is 0 Å². The van der Waals surface area contributed by atoms with Gasteiger partial charge in [0.2, 0.25) is 0 Å². The van der Waals surface area contributed by atoms with Crippen molar-refractivity contribution in [1.29, 1.82) is 0 Å². The first-order chi connectivity index (χ1) is 8.74. The Bertz CT molecular complexity index is 636. The smallest absolute Gasteiger partial charge is 0.324 e. The van der Waals surface area contributed by atoms with Crippen LogP contribution in [0.3, 0.4) is 0 Å². The fourth-order valence-corrected chi connectivity index (χ4v) is 2.63. The van der Waals surface area contributed by atoms with Crippen molar-refractivity contribution in [2.24, 2.45) is 4.99 Å². The van der Waals surface area contributed by atoms with E-state index in [1.165, 1.54) is 6.07 Å². The molecule has 18 heavy (non-hydrogen) atoms. The van der Waals surface area contributed by atoms with Gasteiger partial charge < -0.3 is 5.32 Å². The van der Waals surface area contributed by atoms with E-state index in [1.807, 2.05) is 24.3 Å². The van der Waals surface area contributed by atoms with Crippen molar-refractivity contribution in [3.63, 3.8) is 0 Å². The molecule has 1 aliphatic rings. The number of hydrogen-bond acceptors (Lipinski definition) is 5. The summed E-state index contributed by atoms with van der Waals surface area (Å²) < 4.78 is 0. The average molecular weight is 259 g/mol. The second-order valence-electron chi connectivity index (χ2n) is 3.85. The van der Waals surface area contributed by atoms with E-state index in [-0.39, 0.29) is 16.1 Å². The van der Waals surface area contributed by atoms with Crippen LogP contribution in [-0.2, 0) is 0 Å². The van der Waals surface area contributed by atoms with Crippen LogP contribution in [0.5, 0.6) is 0 Å². The number of nitrogens with one attached hydrogen (secondary N) is 1. The molecule has 0 saturated carbocycles. The second-order valence-corrected chi connectivity index (χ2v) is 4.94. The van der Waals surface area contributed by atoms with E-state index in [4.69, 9.17) is 0 Å². The van der Waals surface area contributed by atoms with Gasteiger partial charge in [-0.1, -0.05) is 29.5 Å². The van der Waals surface area contributed by atoms with Gasteiger partial charge in [0, 0.05) is 23.5 Å². The topological polar surface area (TPSA) is 67.5 Å². The lowest BCUT2D eigenvalue weighted by Crippen LogP contribution is -2.12. The standard InChI is InChI=1S/C12H9N3O2S/c16-15(17)11-6-5-10(18-11)12-13-7-8-3-1-2-4-9(8)14-12/h1-7,12,14H. The van der Waals surface area contributed by atoms with Crippen LogP contribution in [0, 0.1) is 10.1 Å². The Labute approximate surface area is 107 Å². The zero-order chi connectivity index (χ0) is 12.5. The number of aliphatic imine (C=N–C) groups is 1. The third kappa shape index (κ3) is 1.86. The molecule has 0 amide bonds. The summed E-state index contributed by atoms with van der Waals surface area (Å²) in [6.07, 6.45) is 1.56. The number of anilines is 1. The van der Waals surface area contributed by atoms with Crippen molar-refractivity contribution in [3.05, 3.63) is 57.0 Å². The minimum Gasteiger partial charge on any atom is -0.359 e. The maximum Gasteiger partial charge on any atom is 0.324 e. The second kappa shape index (κ2) is 4.23. The molecular formula is C12H9N3O2S. The third-order valence-corrected chi connectivity index (χ3v) is 3.77. The van der Waals surface area contributed by atoms with Gasteiger partial charge in [-0.3, -0.25) is 15.1 Å².